The molecule has 1 saturated carbocycles. The predicted octanol–water partition coefficient (Wildman–Crippen LogP) is 1.84. The molecule has 0 aromatic carbocycles. The fourth-order valence-corrected chi connectivity index (χ4v) is 2.20. The molecule has 0 bridgehead atoms. The molecule has 96 valence electrons. The van der Waals surface area contributed by atoms with Gasteiger partial charge in [-0.15, -0.1) is 0 Å². The predicted molar refractivity (Wildman–Crippen MR) is 65.5 cm³/mol. The number of rotatable bonds is 3. The Labute approximate surface area is 105 Å². The van der Waals surface area contributed by atoms with Gasteiger partial charge in [0.05, 0.1) is 11.1 Å². The average molecular weight is 248 g/mol. The maximum Gasteiger partial charge on any atom is 0.337 e. The highest BCUT2D eigenvalue weighted by Gasteiger charge is 2.17. The normalized spacial score (nSPS) is 16.2. The number of pyridine rings is 1. The van der Waals surface area contributed by atoms with E-state index < -0.39 is 5.97 Å². The Morgan fingerprint density at radius 2 is 1.83 bits per heavy atom. The van der Waals surface area contributed by atoms with E-state index in [-0.39, 0.29) is 17.5 Å². The smallest absolute Gasteiger partial charge is 0.337 e. The molecule has 1 aromatic heterocycles. The zero-order chi connectivity index (χ0) is 13.0. The van der Waals surface area contributed by atoms with Crippen LogP contribution in [0.1, 0.15) is 52.8 Å². The van der Waals surface area contributed by atoms with E-state index >= 15 is 0 Å². The van der Waals surface area contributed by atoms with Gasteiger partial charge in [-0.1, -0.05) is 19.3 Å². The second kappa shape index (κ2) is 5.62. The van der Waals surface area contributed by atoms with Crippen molar-refractivity contribution in [2.45, 2.75) is 38.1 Å². The molecule has 5 heteroatoms. The summed E-state index contributed by atoms with van der Waals surface area (Å²) in [6.45, 7) is 0. The Morgan fingerprint density at radius 1 is 1.17 bits per heavy atom. The van der Waals surface area contributed by atoms with Crippen LogP contribution in [0.25, 0.3) is 0 Å². The molecule has 1 amide bonds. The van der Waals surface area contributed by atoms with Gasteiger partial charge in [0, 0.05) is 18.4 Å². The molecule has 0 aliphatic heterocycles. The van der Waals surface area contributed by atoms with Crippen LogP contribution in [0.3, 0.4) is 0 Å². The topological polar surface area (TPSA) is 79.3 Å². The van der Waals surface area contributed by atoms with E-state index in [0.717, 1.165) is 25.7 Å². The third kappa shape index (κ3) is 3.06. The van der Waals surface area contributed by atoms with Gasteiger partial charge in [0.25, 0.3) is 5.91 Å². The van der Waals surface area contributed by atoms with Crippen LogP contribution in [0, 0.1) is 0 Å². The van der Waals surface area contributed by atoms with Crippen LogP contribution in [0.4, 0.5) is 0 Å². The van der Waals surface area contributed by atoms with E-state index in [4.69, 9.17) is 5.11 Å². The fourth-order valence-electron chi connectivity index (χ4n) is 2.20. The maximum absolute atomic E-state index is 11.9. The molecule has 1 heterocycles. The molecule has 0 radical (unpaired) electrons. The minimum Gasteiger partial charge on any atom is -0.478 e. The van der Waals surface area contributed by atoms with Gasteiger partial charge in [-0.2, -0.15) is 0 Å². The highest BCUT2D eigenvalue weighted by Crippen LogP contribution is 2.17. The molecule has 0 atom stereocenters. The van der Waals surface area contributed by atoms with Gasteiger partial charge in [0.2, 0.25) is 0 Å². The van der Waals surface area contributed by atoms with E-state index in [1.807, 2.05) is 0 Å². The number of carboxylic acid groups (broad SMARTS) is 1. The van der Waals surface area contributed by atoms with Crippen LogP contribution in [0.2, 0.25) is 0 Å². The number of aromatic carboxylic acids is 1. The molecule has 0 unspecified atom stereocenters. The van der Waals surface area contributed by atoms with Gasteiger partial charge in [0.15, 0.2) is 0 Å². The summed E-state index contributed by atoms with van der Waals surface area (Å²) >= 11 is 0. The summed E-state index contributed by atoms with van der Waals surface area (Å²) in [4.78, 5) is 26.5. The summed E-state index contributed by atoms with van der Waals surface area (Å²) in [6.07, 6.45) is 8.12. The second-order valence-corrected chi connectivity index (χ2v) is 4.58. The number of aromatic nitrogens is 1. The van der Waals surface area contributed by atoms with Crippen LogP contribution in [-0.4, -0.2) is 28.0 Å². The first-order valence-electron chi connectivity index (χ1n) is 6.16. The van der Waals surface area contributed by atoms with Gasteiger partial charge in [0.1, 0.15) is 0 Å². The first-order chi connectivity index (χ1) is 8.66. The van der Waals surface area contributed by atoms with Crippen LogP contribution in [0.5, 0.6) is 0 Å². The first-order valence-corrected chi connectivity index (χ1v) is 6.16. The minimum atomic E-state index is -1.07. The van der Waals surface area contributed by atoms with Gasteiger partial charge in [-0.05, 0) is 18.9 Å². The summed E-state index contributed by atoms with van der Waals surface area (Å²) in [5.41, 5.74) is 0.340. The molecule has 1 aliphatic carbocycles. The molecule has 1 aliphatic rings. The number of nitrogens with one attached hydrogen (secondary N) is 1. The van der Waals surface area contributed by atoms with Crippen molar-refractivity contribution in [3.05, 3.63) is 29.6 Å². The number of hydrogen-bond acceptors (Lipinski definition) is 3. The molecular formula is C13H16N2O3. The lowest BCUT2D eigenvalue weighted by Crippen LogP contribution is -2.36. The summed E-state index contributed by atoms with van der Waals surface area (Å²) in [6, 6.07) is 1.56. The zero-order valence-corrected chi connectivity index (χ0v) is 10.1. The third-order valence-electron chi connectivity index (χ3n) is 3.19. The summed E-state index contributed by atoms with van der Waals surface area (Å²) < 4.78 is 0. The maximum atomic E-state index is 11.9. The van der Waals surface area contributed by atoms with Crippen molar-refractivity contribution in [3.63, 3.8) is 0 Å². The number of carboxylic acids is 1. The standard InChI is InChI=1S/C13H16N2O3/c16-12(15-11-4-2-1-3-5-11)9-6-10(13(17)18)8-14-7-9/h6-8,11H,1-5H2,(H,15,16)(H,17,18). The summed E-state index contributed by atoms with van der Waals surface area (Å²) in [5, 5.41) is 11.8. The van der Waals surface area contributed by atoms with E-state index in [1.54, 1.807) is 0 Å². The minimum absolute atomic E-state index is 0.0336. The zero-order valence-electron chi connectivity index (χ0n) is 10.1. The third-order valence-corrected chi connectivity index (χ3v) is 3.19. The molecular weight excluding hydrogens is 232 g/mol. The molecule has 0 saturated heterocycles. The Balaban J connectivity index is 2.03. The number of hydrogen-bond donors (Lipinski definition) is 2. The van der Waals surface area contributed by atoms with Gasteiger partial charge >= 0.3 is 5.97 Å². The van der Waals surface area contributed by atoms with Crippen molar-refractivity contribution in [1.29, 1.82) is 0 Å². The summed E-state index contributed by atoms with van der Waals surface area (Å²) in [7, 11) is 0. The fraction of sp³-hybridized carbons (Fsp3) is 0.462. The van der Waals surface area contributed by atoms with Gasteiger partial charge in [-0.3, -0.25) is 9.78 Å². The lowest BCUT2D eigenvalue weighted by Gasteiger charge is -2.22. The van der Waals surface area contributed by atoms with Crippen molar-refractivity contribution >= 4 is 11.9 Å². The number of carbonyl (C=O) groups is 2. The largest absolute Gasteiger partial charge is 0.478 e. The monoisotopic (exact) mass is 248 g/mol. The van der Waals surface area contributed by atoms with Crippen molar-refractivity contribution in [3.8, 4) is 0 Å². The Hall–Kier alpha value is -1.91. The van der Waals surface area contributed by atoms with Crippen LogP contribution in [0.15, 0.2) is 18.5 Å². The lowest BCUT2D eigenvalue weighted by atomic mass is 9.95. The van der Waals surface area contributed by atoms with Crippen LogP contribution < -0.4 is 5.32 Å². The molecule has 2 rings (SSSR count). The van der Waals surface area contributed by atoms with Crippen LogP contribution in [-0.2, 0) is 0 Å². The number of carbonyl (C=O) groups excluding carboxylic acids is 1. The van der Waals surface area contributed by atoms with Crippen molar-refractivity contribution < 1.29 is 14.7 Å². The van der Waals surface area contributed by atoms with Gasteiger partial charge in [-0.25, -0.2) is 4.79 Å². The molecule has 1 aromatic rings. The summed E-state index contributed by atoms with van der Waals surface area (Å²) in [5.74, 6) is -1.31. The van der Waals surface area contributed by atoms with Crippen molar-refractivity contribution in [1.82, 2.24) is 10.3 Å². The molecule has 5 nitrogen and oxygen atoms in total. The molecule has 1 fully saturated rings. The highest BCUT2D eigenvalue weighted by molar-refractivity contribution is 5.97. The molecule has 2 N–H and O–H groups in total. The van der Waals surface area contributed by atoms with E-state index in [1.165, 1.54) is 24.9 Å². The first kappa shape index (κ1) is 12.5. The molecule has 18 heavy (non-hydrogen) atoms. The van der Waals surface area contributed by atoms with Crippen molar-refractivity contribution in [2.24, 2.45) is 0 Å². The Bertz CT molecular complexity index is 453. The van der Waals surface area contributed by atoms with E-state index in [0.29, 0.717) is 5.56 Å². The number of nitrogens with zero attached hydrogens (tertiary/aromatic N) is 1. The van der Waals surface area contributed by atoms with E-state index in [2.05, 4.69) is 10.3 Å². The van der Waals surface area contributed by atoms with Crippen molar-refractivity contribution in [2.75, 3.05) is 0 Å². The Kier molecular flexibility index (Phi) is 3.92. The Morgan fingerprint density at radius 3 is 2.50 bits per heavy atom. The number of amides is 1. The van der Waals surface area contributed by atoms with Crippen LogP contribution >= 0.6 is 0 Å². The van der Waals surface area contributed by atoms with Gasteiger partial charge < -0.3 is 10.4 Å². The quantitative estimate of drug-likeness (QED) is 0.855. The second-order valence-electron chi connectivity index (χ2n) is 4.58. The molecule has 0 spiro atoms. The SMILES string of the molecule is O=C(O)c1cncc(C(=O)NC2CCCCC2)c1. The average Bonchev–Trinajstić information content (AvgIpc) is 2.40. The highest BCUT2D eigenvalue weighted by atomic mass is 16.4. The lowest BCUT2D eigenvalue weighted by molar-refractivity contribution is 0.0696. The van der Waals surface area contributed by atoms with E-state index in [9.17, 15) is 9.59 Å².